The van der Waals surface area contributed by atoms with Crippen LogP contribution in [0, 0.1) is 0 Å². The second kappa shape index (κ2) is 9.07. The van der Waals surface area contributed by atoms with Gasteiger partial charge >= 0.3 is 5.97 Å². The maximum Gasteiger partial charge on any atom is 0.303 e. The van der Waals surface area contributed by atoms with Gasteiger partial charge in [-0.1, -0.05) is 42.5 Å². The molecule has 2 rings (SSSR count). The normalized spacial score (nSPS) is 9.92. The molecule has 0 saturated carbocycles. The van der Waals surface area contributed by atoms with Gasteiger partial charge in [0.1, 0.15) is 12.4 Å². The van der Waals surface area contributed by atoms with E-state index in [0.29, 0.717) is 12.4 Å². The third-order valence-corrected chi connectivity index (χ3v) is 3.25. The molecule has 0 aliphatic heterocycles. The van der Waals surface area contributed by atoms with Gasteiger partial charge in [0.25, 0.3) is 5.91 Å². The fourth-order valence-corrected chi connectivity index (χ4v) is 1.99. The Morgan fingerprint density at radius 3 is 2.28 bits per heavy atom. The Bertz CT molecular complexity index is 746. The van der Waals surface area contributed by atoms with E-state index < -0.39 is 17.8 Å². The van der Waals surface area contributed by atoms with Crippen molar-refractivity contribution in [2.45, 2.75) is 19.4 Å². The number of hydrazine groups is 1. The minimum absolute atomic E-state index is 0.220. The molecule has 0 spiro atoms. The van der Waals surface area contributed by atoms with E-state index in [2.05, 4.69) is 10.9 Å². The number of benzene rings is 2. The quantitative estimate of drug-likeness (QED) is 0.667. The molecule has 0 radical (unpaired) electrons. The van der Waals surface area contributed by atoms with E-state index in [4.69, 9.17) is 9.84 Å². The van der Waals surface area contributed by atoms with E-state index >= 15 is 0 Å². The molecule has 0 heterocycles. The first-order valence-corrected chi connectivity index (χ1v) is 7.63. The second-order valence-electron chi connectivity index (χ2n) is 5.17. The van der Waals surface area contributed by atoms with Crippen LogP contribution in [0.25, 0.3) is 0 Å². The van der Waals surface area contributed by atoms with Gasteiger partial charge in [0, 0.05) is 6.42 Å². The molecule has 25 heavy (non-hydrogen) atoms. The van der Waals surface area contributed by atoms with E-state index in [-0.39, 0.29) is 18.4 Å². The maximum absolute atomic E-state index is 12.2. The van der Waals surface area contributed by atoms with Gasteiger partial charge in [-0.3, -0.25) is 25.2 Å². The highest BCUT2D eigenvalue weighted by Gasteiger charge is 2.13. The van der Waals surface area contributed by atoms with Crippen LogP contribution in [0.2, 0.25) is 0 Å². The molecule has 2 amide bonds. The summed E-state index contributed by atoms with van der Waals surface area (Å²) in [5.41, 5.74) is 5.65. The number of carboxylic acid groups (broad SMARTS) is 1. The van der Waals surface area contributed by atoms with Crippen LogP contribution in [0.4, 0.5) is 0 Å². The average molecular weight is 342 g/mol. The van der Waals surface area contributed by atoms with Crippen molar-refractivity contribution in [3.8, 4) is 5.75 Å². The van der Waals surface area contributed by atoms with Crippen LogP contribution >= 0.6 is 0 Å². The Morgan fingerprint density at radius 1 is 0.880 bits per heavy atom. The van der Waals surface area contributed by atoms with Crippen LogP contribution in [-0.2, 0) is 16.2 Å². The summed E-state index contributed by atoms with van der Waals surface area (Å²) < 4.78 is 5.68. The highest BCUT2D eigenvalue weighted by Crippen LogP contribution is 2.19. The number of hydrogen-bond donors (Lipinski definition) is 3. The molecule has 0 aliphatic rings. The van der Waals surface area contributed by atoms with Gasteiger partial charge in [-0.05, 0) is 17.7 Å². The van der Waals surface area contributed by atoms with E-state index in [0.717, 1.165) is 5.56 Å². The van der Waals surface area contributed by atoms with Crippen molar-refractivity contribution in [1.29, 1.82) is 0 Å². The lowest BCUT2D eigenvalue weighted by Crippen LogP contribution is -2.41. The largest absolute Gasteiger partial charge is 0.488 e. The first kappa shape index (κ1) is 18.0. The number of rotatable bonds is 7. The third kappa shape index (κ3) is 5.98. The molecule has 130 valence electrons. The zero-order valence-corrected chi connectivity index (χ0v) is 13.4. The van der Waals surface area contributed by atoms with E-state index in [1.54, 1.807) is 24.3 Å². The first-order chi connectivity index (χ1) is 12.1. The fourth-order valence-electron chi connectivity index (χ4n) is 1.99. The molecule has 0 aromatic heterocycles. The van der Waals surface area contributed by atoms with Crippen molar-refractivity contribution in [2.24, 2.45) is 0 Å². The molecule has 0 fully saturated rings. The lowest BCUT2D eigenvalue weighted by atomic mass is 10.2. The molecule has 3 N–H and O–H groups in total. The molecule has 0 saturated heterocycles. The minimum atomic E-state index is -1.08. The Hall–Kier alpha value is -3.35. The summed E-state index contributed by atoms with van der Waals surface area (Å²) in [5.74, 6) is -1.84. The molecule has 0 atom stereocenters. The molecular weight excluding hydrogens is 324 g/mol. The van der Waals surface area contributed by atoms with Crippen molar-refractivity contribution >= 4 is 17.8 Å². The number of nitrogens with one attached hydrogen (secondary N) is 2. The van der Waals surface area contributed by atoms with E-state index in [9.17, 15) is 14.4 Å². The van der Waals surface area contributed by atoms with Crippen molar-refractivity contribution in [1.82, 2.24) is 10.9 Å². The predicted molar refractivity (Wildman–Crippen MR) is 89.7 cm³/mol. The van der Waals surface area contributed by atoms with E-state index in [1.165, 1.54) is 0 Å². The number of aliphatic carboxylic acids is 1. The Labute approximate surface area is 144 Å². The fraction of sp³-hybridized carbons (Fsp3) is 0.167. The Morgan fingerprint density at radius 2 is 1.56 bits per heavy atom. The van der Waals surface area contributed by atoms with Crippen molar-refractivity contribution in [3.63, 3.8) is 0 Å². The summed E-state index contributed by atoms with van der Waals surface area (Å²) >= 11 is 0. The van der Waals surface area contributed by atoms with Crippen molar-refractivity contribution in [3.05, 3.63) is 65.7 Å². The molecular formula is C18H18N2O5. The number of carbonyl (C=O) groups excluding carboxylic acids is 2. The van der Waals surface area contributed by atoms with Gasteiger partial charge in [0.2, 0.25) is 5.91 Å². The molecule has 7 heteroatoms. The maximum atomic E-state index is 12.2. The standard InChI is InChI=1S/C18H18N2O5/c21-16(10-11-17(22)23)19-20-18(24)14-8-4-5-9-15(14)25-12-13-6-2-1-3-7-13/h1-9H,10-12H2,(H,19,21)(H,20,24)(H,22,23). The second-order valence-corrected chi connectivity index (χ2v) is 5.17. The van der Waals surface area contributed by atoms with Gasteiger partial charge in [-0.25, -0.2) is 0 Å². The van der Waals surface area contributed by atoms with Gasteiger partial charge in [-0.15, -0.1) is 0 Å². The minimum Gasteiger partial charge on any atom is -0.488 e. The first-order valence-electron chi connectivity index (χ1n) is 7.63. The number of para-hydroxylation sites is 1. The number of carboxylic acids is 1. The topological polar surface area (TPSA) is 105 Å². The Balaban J connectivity index is 1.93. The van der Waals surface area contributed by atoms with Gasteiger partial charge in [-0.2, -0.15) is 0 Å². The average Bonchev–Trinajstić information content (AvgIpc) is 2.63. The predicted octanol–water partition coefficient (Wildman–Crippen LogP) is 1.89. The molecule has 7 nitrogen and oxygen atoms in total. The van der Waals surface area contributed by atoms with Gasteiger partial charge < -0.3 is 9.84 Å². The van der Waals surface area contributed by atoms with E-state index in [1.807, 2.05) is 30.3 Å². The summed E-state index contributed by atoms with van der Waals surface area (Å²) in [6, 6.07) is 16.1. The SMILES string of the molecule is O=C(O)CCC(=O)NNC(=O)c1ccccc1OCc1ccccc1. The van der Waals surface area contributed by atoms with Crippen LogP contribution < -0.4 is 15.6 Å². The summed E-state index contributed by atoms with van der Waals surface area (Å²) in [6.45, 7) is 0.302. The lowest BCUT2D eigenvalue weighted by Gasteiger charge is -2.12. The number of carbonyl (C=O) groups is 3. The van der Waals surface area contributed by atoms with Gasteiger partial charge in [0.05, 0.1) is 12.0 Å². The molecule has 0 unspecified atom stereocenters. The van der Waals surface area contributed by atoms with Crippen LogP contribution in [0.3, 0.4) is 0 Å². The summed E-state index contributed by atoms with van der Waals surface area (Å²) in [7, 11) is 0. The molecule has 0 aliphatic carbocycles. The summed E-state index contributed by atoms with van der Waals surface area (Å²) in [4.78, 5) is 34.1. The van der Waals surface area contributed by atoms with Crippen LogP contribution in [0.5, 0.6) is 5.75 Å². The molecule has 2 aromatic rings. The monoisotopic (exact) mass is 342 g/mol. The number of hydrogen-bond acceptors (Lipinski definition) is 4. The highest BCUT2D eigenvalue weighted by molar-refractivity contribution is 5.97. The van der Waals surface area contributed by atoms with Crippen molar-refractivity contribution < 1.29 is 24.2 Å². The number of ether oxygens (including phenoxy) is 1. The summed E-state index contributed by atoms with van der Waals surface area (Å²) in [6.07, 6.45) is -0.528. The number of amides is 2. The van der Waals surface area contributed by atoms with Crippen LogP contribution in [-0.4, -0.2) is 22.9 Å². The van der Waals surface area contributed by atoms with Crippen molar-refractivity contribution in [2.75, 3.05) is 0 Å². The zero-order chi connectivity index (χ0) is 18.1. The third-order valence-electron chi connectivity index (χ3n) is 3.25. The highest BCUT2D eigenvalue weighted by atomic mass is 16.5. The molecule has 0 bridgehead atoms. The zero-order valence-electron chi connectivity index (χ0n) is 13.4. The lowest BCUT2D eigenvalue weighted by molar-refractivity contribution is -0.138. The van der Waals surface area contributed by atoms with Crippen LogP contribution in [0.15, 0.2) is 54.6 Å². The smallest absolute Gasteiger partial charge is 0.303 e. The molecule has 2 aromatic carbocycles. The van der Waals surface area contributed by atoms with Crippen LogP contribution in [0.1, 0.15) is 28.8 Å². The Kier molecular flexibility index (Phi) is 6.53. The van der Waals surface area contributed by atoms with Gasteiger partial charge in [0.15, 0.2) is 0 Å². The summed E-state index contributed by atoms with van der Waals surface area (Å²) in [5, 5.41) is 8.52.